The summed E-state index contributed by atoms with van der Waals surface area (Å²) in [6.07, 6.45) is 0.719. The van der Waals surface area contributed by atoms with E-state index in [2.05, 4.69) is 16.0 Å². The van der Waals surface area contributed by atoms with Crippen molar-refractivity contribution in [1.82, 2.24) is 16.0 Å². The van der Waals surface area contributed by atoms with Crippen molar-refractivity contribution in [3.63, 3.8) is 0 Å². The van der Waals surface area contributed by atoms with Gasteiger partial charge in [0.25, 0.3) is 0 Å². The summed E-state index contributed by atoms with van der Waals surface area (Å²) in [5, 5.41) is 8.01. The van der Waals surface area contributed by atoms with Gasteiger partial charge in [-0.1, -0.05) is 24.3 Å². The first-order chi connectivity index (χ1) is 12.7. The van der Waals surface area contributed by atoms with E-state index in [1.165, 1.54) is 11.1 Å². The number of carbonyl (C=O) groups excluding carboxylic acids is 3. The summed E-state index contributed by atoms with van der Waals surface area (Å²) in [7, 11) is 0. The smallest absolute Gasteiger partial charge is 0.407 e. The summed E-state index contributed by atoms with van der Waals surface area (Å²) in [6, 6.07) is 7.99. The lowest BCUT2D eigenvalue weighted by molar-refractivity contribution is -0.122. The molecule has 0 spiro atoms. The Bertz CT molecular complexity index is 638. The highest BCUT2D eigenvalue weighted by atomic mass is 16.6. The molecule has 1 aromatic carbocycles. The van der Waals surface area contributed by atoms with Crippen LogP contribution in [-0.2, 0) is 20.7 Å². The number of hydrogen-bond acceptors (Lipinski definition) is 4. The molecular weight excluding hydrogens is 346 g/mol. The van der Waals surface area contributed by atoms with Gasteiger partial charge in [-0.25, -0.2) is 4.79 Å². The van der Waals surface area contributed by atoms with Crippen molar-refractivity contribution in [2.75, 3.05) is 19.6 Å². The van der Waals surface area contributed by atoms with Crippen molar-refractivity contribution in [2.24, 2.45) is 0 Å². The summed E-state index contributed by atoms with van der Waals surface area (Å²) in [5.41, 5.74) is 1.78. The second kappa shape index (κ2) is 11.2. The van der Waals surface area contributed by atoms with E-state index in [0.29, 0.717) is 25.9 Å². The Balaban J connectivity index is 2.08. The largest absolute Gasteiger partial charge is 0.444 e. The number of alkyl carbamates (subject to hydrolysis) is 1. The number of aryl methyl sites for hydroxylation is 2. The third kappa shape index (κ3) is 10.9. The van der Waals surface area contributed by atoms with Crippen LogP contribution >= 0.6 is 0 Å². The fourth-order valence-electron chi connectivity index (χ4n) is 2.31. The van der Waals surface area contributed by atoms with Crippen LogP contribution in [0.1, 0.15) is 44.7 Å². The molecule has 0 aliphatic rings. The normalized spacial score (nSPS) is 10.8. The zero-order valence-electron chi connectivity index (χ0n) is 16.7. The first-order valence-electron chi connectivity index (χ1n) is 9.22. The maximum Gasteiger partial charge on any atom is 0.407 e. The molecule has 1 rings (SSSR count). The van der Waals surface area contributed by atoms with Gasteiger partial charge >= 0.3 is 6.09 Å². The first kappa shape index (κ1) is 22.5. The fourth-order valence-corrected chi connectivity index (χ4v) is 2.31. The predicted molar refractivity (Wildman–Crippen MR) is 104 cm³/mol. The van der Waals surface area contributed by atoms with Gasteiger partial charge in [-0.3, -0.25) is 9.59 Å². The molecule has 0 fully saturated rings. The summed E-state index contributed by atoms with van der Waals surface area (Å²) < 4.78 is 5.08. The highest BCUT2D eigenvalue weighted by Gasteiger charge is 2.15. The van der Waals surface area contributed by atoms with Gasteiger partial charge in [0, 0.05) is 32.5 Å². The van der Waals surface area contributed by atoms with E-state index in [-0.39, 0.29) is 24.8 Å². The number of hydrogen-bond donors (Lipinski definition) is 3. The Hall–Kier alpha value is -2.57. The Kier molecular flexibility index (Phi) is 9.33. The fraction of sp³-hybridized carbons (Fsp3) is 0.550. The molecule has 0 aromatic heterocycles. The van der Waals surface area contributed by atoms with Crippen LogP contribution in [-0.4, -0.2) is 43.1 Å². The minimum Gasteiger partial charge on any atom is -0.444 e. The minimum absolute atomic E-state index is 0.0425. The van der Waals surface area contributed by atoms with Crippen molar-refractivity contribution >= 4 is 17.9 Å². The van der Waals surface area contributed by atoms with Crippen LogP contribution in [0.3, 0.4) is 0 Å². The molecule has 7 nitrogen and oxygen atoms in total. The van der Waals surface area contributed by atoms with E-state index in [9.17, 15) is 14.4 Å². The molecule has 0 saturated carbocycles. The predicted octanol–water partition coefficient (Wildman–Crippen LogP) is 2.07. The molecule has 0 saturated heterocycles. The molecule has 0 bridgehead atoms. The number of carbonyl (C=O) groups is 3. The van der Waals surface area contributed by atoms with E-state index in [1.54, 1.807) is 20.8 Å². The molecular formula is C20H31N3O4. The molecule has 150 valence electrons. The first-order valence-corrected chi connectivity index (χ1v) is 9.22. The van der Waals surface area contributed by atoms with Gasteiger partial charge in [0.05, 0.1) is 0 Å². The van der Waals surface area contributed by atoms with Gasteiger partial charge in [0.2, 0.25) is 11.8 Å². The van der Waals surface area contributed by atoms with E-state index >= 15 is 0 Å². The molecule has 27 heavy (non-hydrogen) atoms. The van der Waals surface area contributed by atoms with Crippen LogP contribution < -0.4 is 16.0 Å². The Morgan fingerprint density at radius 1 is 0.889 bits per heavy atom. The van der Waals surface area contributed by atoms with Crippen LogP contribution in [0, 0.1) is 6.92 Å². The molecule has 0 heterocycles. The standard InChI is InChI=1S/C20H31N3O4/c1-15-7-5-6-8-16(15)9-10-17(24)21-13-14-22-18(25)11-12-23-19(26)27-20(2,3)4/h5-8H,9-14H2,1-4H3,(H,21,24)(H,22,25)(H,23,26). The molecule has 1 aromatic rings. The second-order valence-corrected chi connectivity index (χ2v) is 7.31. The highest BCUT2D eigenvalue weighted by molar-refractivity contribution is 5.78. The monoisotopic (exact) mass is 377 g/mol. The highest BCUT2D eigenvalue weighted by Crippen LogP contribution is 2.09. The third-order valence-electron chi connectivity index (χ3n) is 3.67. The number of ether oxygens (including phenoxy) is 1. The Morgan fingerprint density at radius 2 is 1.48 bits per heavy atom. The number of rotatable bonds is 9. The molecule has 0 radical (unpaired) electrons. The quantitative estimate of drug-likeness (QED) is 0.574. The maximum atomic E-state index is 11.8. The zero-order valence-corrected chi connectivity index (χ0v) is 16.7. The maximum absolute atomic E-state index is 11.8. The zero-order chi connectivity index (χ0) is 20.3. The minimum atomic E-state index is -0.566. The average Bonchev–Trinajstić information content (AvgIpc) is 2.56. The van der Waals surface area contributed by atoms with E-state index in [1.807, 2.05) is 31.2 Å². The molecule has 7 heteroatoms. The van der Waals surface area contributed by atoms with Gasteiger partial charge in [-0.2, -0.15) is 0 Å². The van der Waals surface area contributed by atoms with Crippen molar-refractivity contribution in [2.45, 2.75) is 52.6 Å². The van der Waals surface area contributed by atoms with Crippen LogP contribution in [0.2, 0.25) is 0 Å². The van der Waals surface area contributed by atoms with Gasteiger partial charge in [-0.15, -0.1) is 0 Å². The molecule has 0 atom stereocenters. The van der Waals surface area contributed by atoms with Crippen LogP contribution in [0.15, 0.2) is 24.3 Å². The summed E-state index contributed by atoms with van der Waals surface area (Å²) in [6.45, 7) is 8.26. The lowest BCUT2D eigenvalue weighted by atomic mass is 10.0. The molecule has 0 aliphatic carbocycles. The topological polar surface area (TPSA) is 96.5 Å². The van der Waals surface area contributed by atoms with E-state index in [0.717, 1.165) is 0 Å². The lowest BCUT2D eigenvalue weighted by Gasteiger charge is -2.19. The van der Waals surface area contributed by atoms with Gasteiger partial charge in [0.1, 0.15) is 5.60 Å². The lowest BCUT2D eigenvalue weighted by Crippen LogP contribution is -2.37. The van der Waals surface area contributed by atoms with Crippen molar-refractivity contribution in [3.8, 4) is 0 Å². The molecule has 0 unspecified atom stereocenters. The van der Waals surface area contributed by atoms with Crippen LogP contribution in [0.25, 0.3) is 0 Å². The van der Waals surface area contributed by atoms with Crippen LogP contribution in [0.4, 0.5) is 4.79 Å². The summed E-state index contributed by atoms with van der Waals surface area (Å²) in [5.74, 6) is -0.237. The van der Waals surface area contributed by atoms with E-state index in [4.69, 9.17) is 4.74 Å². The average molecular weight is 377 g/mol. The SMILES string of the molecule is Cc1ccccc1CCC(=O)NCCNC(=O)CCNC(=O)OC(C)(C)C. The molecule has 3 N–H and O–H groups in total. The van der Waals surface area contributed by atoms with Gasteiger partial charge in [-0.05, 0) is 45.2 Å². The van der Waals surface area contributed by atoms with Gasteiger partial charge in [0.15, 0.2) is 0 Å². The second-order valence-electron chi connectivity index (χ2n) is 7.31. The molecule has 0 aliphatic heterocycles. The van der Waals surface area contributed by atoms with Crippen molar-refractivity contribution in [1.29, 1.82) is 0 Å². The number of nitrogens with one attached hydrogen (secondary N) is 3. The van der Waals surface area contributed by atoms with Crippen molar-refractivity contribution < 1.29 is 19.1 Å². The van der Waals surface area contributed by atoms with Gasteiger partial charge < -0.3 is 20.7 Å². The molecule has 3 amide bonds. The van der Waals surface area contributed by atoms with Crippen molar-refractivity contribution in [3.05, 3.63) is 35.4 Å². The number of benzene rings is 1. The number of amides is 3. The van der Waals surface area contributed by atoms with E-state index < -0.39 is 11.7 Å². The Morgan fingerprint density at radius 3 is 2.07 bits per heavy atom. The Labute approximate surface area is 161 Å². The summed E-state index contributed by atoms with van der Waals surface area (Å²) in [4.78, 5) is 35.0. The summed E-state index contributed by atoms with van der Waals surface area (Å²) >= 11 is 0. The third-order valence-corrected chi connectivity index (χ3v) is 3.67. The van der Waals surface area contributed by atoms with Crippen LogP contribution in [0.5, 0.6) is 0 Å².